The molecule has 0 bridgehead atoms. The van der Waals surface area contributed by atoms with Crippen molar-refractivity contribution in [2.24, 2.45) is 0 Å². The summed E-state index contributed by atoms with van der Waals surface area (Å²) in [5, 5.41) is 3.34. The molecule has 0 spiro atoms. The van der Waals surface area contributed by atoms with Gasteiger partial charge in [-0.1, -0.05) is 0 Å². The third-order valence-electron chi connectivity index (χ3n) is 3.05. The van der Waals surface area contributed by atoms with Gasteiger partial charge in [-0.05, 0) is 6.92 Å². The van der Waals surface area contributed by atoms with Crippen molar-refractivity contribution in [1.29, 1.82) is 0 Å². The fraction of sp³-hybridized carbons (Fsp3) is 0.545. The molecule has 11 heteroatoms. The van der Waals surface area contributed by atoms with Gasteiger partial charge in [-0.25, -0.2) is 4.98 Å². The molecule has 0 amide bonds. The van der Waals surface area contributed by atoms with E-state index in [4.69, 9.17) is 0 Å². The molecular formula is C11H10F5N5O. The van der Waals surface area contributed by atoms with E-state index in [9.17, 15) is 22.0 Å². The Kier molecular flexibility index (Phi) is 3.20. The van der Waals surface area contributed by atoms with Crippen LogP contribution in [0, 0.1) is 6.92 Å². The van der Waals surface area contributed by atoms with Crippen LogP contribution >= 0.6 is 0 Å². The quantitative estimate of drug-likeness (QED) is 0.750. The molecule has 3 heterocycles. The van der Waals surface area contributed by atoms with Crippen LogP contribution in [0.25, 0.3) is 5.78 Å². The molecule has 3 rings (SSSR count). The van der Waals surface area contributed by atoms with Gasteiger partial charge in [0, 0.05) is 18.3 Å². The molecule has 0 atom stereocenters. The molecule has 1 aliphatic rings. The molecule has 0 unspecified atom stereocenters. The van der Waals surface area contributed by atoms with Crippen molar-refractivity contribution >= 4 is 11.6 Å². The van der Waals surface area contributed by atoms with Crippen LogP contribution in [0.15, 0.2) is 6.07 Å². The van der Waals surface area contributed by atoms with E-state index in [2.05, 4.69) is 19.8 Å². The van der Waals surface area contributed by atoms with Crippen LogP contribution in [-0.2, 0) is 10.9 Å². The van der Waals surface area contributed by atoms with Crippen molar-refractivity contribution < 1.29 is 26.7 Å². The van der Waals surface area contributed by atoms with Gasteiger partial charge in [-0.3, -0.25) is 0 Å². The number of alkyl halides is 5. The lowest BCUT2D eigenvalue weighted by molar-refractivity contribution is -0.240. The van der Waals surface area contributed by atoms with Crippen molar-refractivity contribution in [3.63, 3.8) is 0 Å². The highest BCUT2D eigenvalue weighted by atomic mass is 19.4. The summed E-state index contributed by atoms with van der Waals surface area (Å²) in [4.78, 5) is 8.35. The van der Waals surface area contributed by atoms with Crippen molar-refractivity contribution in [2.45, 2.75) is 19.2 Å². The van der Waals surface area contributed by atoms with Gasteiger partial charge in [0.15, 0.2) is 0 Å². The number of rotatable bonds is 1. The van der Waals surface area contributed by atoms with Crippen LogP contribution in [0.1, 0.15) is 11.5 Å². The Hall–Kier alpha value is -2.04. The van der Waals surface area contributed by atoms with E-state index in [0.717, 1.165) is 4.52 Å². The first-order chi connectivity index (χ1) is 10.2. The van der Waals surface area contributed by atoms with Crippen molar-refractivity contribution in [1.82, 2.24) is 19.6 Å². The van der Waals surface area contributed by atoms with Gasteiger partial charge in [-0.15, -0.1) is 5.10 Å². The SMILES string of the molecule is Cc1cc(N2CCOC(F)(F)C2)n2nc(C(F)(F)F)nc2n1. The minimum absolute atomic E-state index is 0.0634. The molecule has 0 aromatic carbocycles. The van der Waals surface area contributed by atoms with Gasteiger partial charge < -0.3 is 9.64 Å². The normalized spacial score (nSPS) is 18.9. The standard InChI is InChI=1S/C11H10F5N5O/c1-6-4-7(20-2-3-22-10(12,13)5-20)21-9(17-6)18-8(19-21)11(14,15)16/h4H,2-3,5H2,1H3. The zero-order valence-electron chi connectivity index (χ0n) is 11.2. The third kappa shape index (κ3) is 2.67. The maximum absolute atomic E-state index is 13.3. The second kappa shape index (κ2) is 4.73. The van der Waals surface area contributed by atoms with E-state index >= 15 is 0 Å². The van der Waals surface area contributed by atoms with Crippen LogP contribution < -0.4 is 4.90 Å². The van der Waals surface area contributed by atoms with E-state index in [-0.39, 0.29) is 24.7 Å². The summed E-state index contributed by atoms with van der Waals surface area (Å²) in [6.45, 7) is 0.586. The van der Waals surface area contributed by atoms with Crippen LogP contribution in [0.3, 0.4) is 0 Å². The summed E-state index contributed by atoms with van der Waals surface area (Å²) < 4.78 is 69.9. The smallest absolute Gasteiger partial charge is 0.345 e. The van der Waals surface area contributed by atoms with E-state index in [1.54, 1.807) is 0 Å². The minimum atomic E-state index is -4.74. The lowest BCUT2D eigenvalue weighted by atomic mass is 10.3. The van der Waals surface area contributed by atoms with Crippen molar-refractivity contribution in [2.75, 3.05) is 24.6 Å². The molecule has 1 saturated heterocycles. The minimum Gasteiger partial charge on any atom is -0.345 e. The number of morpholine rings is 1. The summed E-state index contributed by atoms with van der Waals surface area (Å²) >= 11 is 0. The number of fused-ring (bicyclic) bond motifs is 1. The fourth-order valence-electron chi connectivity index (χ4n) is 2.16. The van der Waals surface area contributed by atoms with Crippen molar-refractivity contribution in [3.05, 3.63) is 17.6 Å². The Morgan fingerprint density at radius 1 is 1.27 bits per heavy atom. The monoisotopic (exact) mass is 323 g/mol. The molecule has 2 aromatic rings. The number of ether oxygens (including phenoxy) is 1. The first-order valence-electron chi connectivity index (χ1n) is 6.24. The van der Waals surface area contributed by atoms with Crippen LogP contribution in [0.5, 0.6) is 0 Å². The Morgan fingerprint density at radius 2 is 2.00 bits per heavy atom. The van der Waals surface area contributed by atoms with Crippen LogP contribution in [0.2, 0.25) is 0 Å². The Bertz CT molecular complexity index is 713. The number of hydrogen-bond acceptors (Lipinski definition) is 5. The maximum Gasteiger partial charge on any atom is 0.453 e. The summed E-state index contributed by atoms with van der Waals surface area (Å²) in [6, 6.07) is 1.38. The predicted molar refractivity (Wildman–Crippen MR) is 63.6 cm³/mol. The number of halogens is 5. The van der Waals surface area contributed by atoms with Crippen molar-refractivity contribution in [3.8, 4) is 0 Å². The van der Waals surface area contributed by atoms with Gasteiger partial charge in [0.1, 0.15) is 12.4 Å². The molecule has 6 nitrogen and oxygen atoms in total. The average molecular weight is 323 g/mol. The molecule has 0 radical (unpaired) electrons. The molecule has 120 valence electrons. The second-order valence-corrected chi connectivity index (χ2v) is 4.81. The number of nitrogens with zero attached hydrogens (tertiary/aromatic N) is 5. The van der Waals surface area contributed by atoms with E-state index in [0.29, 0.717) is 5.69 Å². The van der Waals surface area contributed by atoms with E-state index in [1.165, 1.54) is 17.9 Å². The highest BCUT2D eigenvalue weighted by molar-refractivity contribution is 5.48. The fourth-order valence-corrected chi connectivity index (χ4v) is 2.16. The lowest BCUT2D eigenvalue weighted by Gasteiger charge is -2.33. The summed E-state index contributed by atoms with van der Waals surface area (Å²) in [6.07, 6.45) is -8.12. The molecule has 0 saturated carbocycles. The van der Waals surface area contributed by atoms with Gasteiger partial charge in [0.2, 0.25) is 0 Å². The summed E-state index contributed by atoms with van der Waals surface area (Å²) in [5.74, 6) is -1.60. The third-order valence-corrected chi connectivity index (χ3v) is 3.05. The van der Waals surface area contributed by atoms with Gasteiger partial charge in [0.25, 0.3) is 11.6 Å². The summed E-state index contributed by atoms with van der Waals surface area (Å²) in [5.41, 5.74) is 0.346. The van der Waals surface area contributed by atoms with Gasteiger partial charge in [0.05, 0.1) is 6.61 Å². The molecule has 0 N–H and O–H groups in total. The highest BCUT2D eigenvalue weighted by Crippen LogP contribution is 2.29. The molecule has 22 heavy (non-hydrogen) atoms. The summed E-state index contributed by atoms with van der Waals surface area (Å²) in [7, 11) is 0. The highest BCUT2D eigenvalue weighted by Gasteiger charge is 2.39. The van der Waals surface area contributed by atoms with Crippen LogP contribution in [-0.4, -0.2) is 45.4 Å². The average Bonchev–Trinajstić information content (AvgIpc) is 2.80. The number of anilines is 1. The maximum atomic E-state index is 13.3. The number of aromatic nitrogens is 4. The topological polar surface area (TPSA) is 55.6 Å². The first kappa shape index (κ1) is 14.9. The molecule has 0 aliphatic carbocycles. The number of aryl methyl sites for hydroxylation is 1. The Balaban J connectivity index is 2.10. The zero-order chi connectivity index (χ0) is 16.1. The molecular weight excluding hydrogens is 313 g/mol. The lowest BCUT2D eigenvalue weighted by Crippen LogP contribution is -2.47. The van der Waals surface area contributed by atoms with E-state index < -0.39 is 24.7 Å². The Labute approximate surface area is 120 Å². The molecule has 1 fully saturated rings. The van der Waals surface area contributed by atoms with Gasteiger partial charge in [-0.2, -0.15) is 31.5 Å². The van der Waals surface area contributed by atoms with E-state index in [1.807, 2.05) is 0 Å². The zero-order valence-corrected chi connectivity index (χ0v) is 11.2. The van der Waals surface area contributed by atoms with Crippen LogP contribution in [0.4, 0.5) is 27.8 Å². The molecule has 2 aromatic heterocycles. The second-order valence-electron chi connectivity index (χ2n) is 4.81. The largest absolute Gasteiger partial charge is 0.453 e. The Morgan fingerprint density at radius 3 is 2.64 bits per heavy atom. The first-order valence-corrected chi connectivity index (χ1v) is 6.24. The molecule has 1 aliphatic heterocycles. The van der Waals surface area contributed by atoms with Gasteiger partial charge >= 0.3 is 12.3 Å². The number of hydrogen-bond donors (Lipinski definition) is 0. The predicted octanol–water partition coefficient (Wildman–Crippen LogP) is 1.88.